The van der Waals surface area contributed by atoms with Crippen LogP contribution in [0.5, 0.6) is 0 Å². The number of hydrogen-bond acceptors (Lipinski definition) is 16. The minimum atomic E-state index is -0.824. The molecule has 4 N–H and O–H groups in total. The van der Waals surface area contributed by atoms with Crippen LogP contribution in [0.3, 0.4) is 0 Å². The van der Waals surface area contributed by atoms with Gasteiger partial charge in [-0.2, -0.15) is 0 Å². The second-order valence-electron chi connectivity index (χ2n) is 12.0. The van der Waals surface area contributed by atoms with Crippen LogP contribution < -0.4 is 21.3 Å². The fourth-order valence-corrected chi connectivity index (χ4v) is 7.44. The van der Waals surface area contributed by atoms with Gasteiger partial charge in [-0.1, -0.05) is 67.3 Å². The summed E-state index contributed by atoms with van der Waals surface area (Å²) in [7, 11) is 1.31. The third-order valence-electron chi connectivity index (χ3n) is 6.91. The van der Waals surface area contributed by atoms with Gasteiger partial charge in [0, 0.05) is 23.0 Å². The first-order chi connectivity index (χ1) is 23.3. The lowest BCUT2D eigenvalue weighted by Gasteiger charge is -2.20. The van der Waals surface area contributed by atoms with Crippen LogP contribution in [0.1, 0.15) is 67.7 Å². The zero-order chi connectivity index (χ0) is 38.2. The van der Waals surface area contributed by atoms with Crippen molar-refractivity contribution in [1.82, 2.24) is 21.3 Å². The molecule has 4 fully saturated rings. The molecule has 0 aromatic carbocycles. The molecule has 4 aliphatic rings. The van der Waals surface area contributed by atoms with Crippen LogP contribution in [0.25, 0.3) is 0 Å². The van der Waals surface area contributed by atoms with Gasteiger partial charge in [0.05, 0.1) is 26.9 Å². The van der Waals surface area contributed by atoms with E-state index in [1.165, 1.54) is 7.11 Å². The van der Waals surface area contributed by atoms with Gasteiger partial charge >= 0.3 is 23.9 Å². The second kappa shape index (κ2) is 20.9. The molecule has 0 radical (unpaired) electrons. The van der Waals surface area contributed by atoms with Crippen LogP contribution in [0.4, 0.5) is 19.2 Å². The molecule has 0 aromatic rings. The second-order valence-corrected chi connectivity index (χ2v) is 15.8. The van der Waals surface area contributed by atoms with Gasteiger partial charge in [-0.3, -0.25) is 19.2 Å². The Hall–Kier alpha value is -2.84. The Balaban J connectivity index is 0.000000335. The summed E-state index contributed by atoms with van der Waals surface area (Å²) in [6.45, 7) is 13.6. The number of unbranched alkanes of at least 4 members (excludes halogenated alkanes) is 1. The van der Waals surface area contributed by atoms with Crippen molar-refractivity contribution in [3.05, 3.63) is 0 Å². The fourth-order valence-electron chi connectivity index (χ4n) is 3.81. The third kappa shape index (κ3) is 14.1. The van der Waals surface area contributed by atoms with Gasteiger partial charge in [-0.15, -0.1) is 0 Å². The number of hydrogen-bond donors (Lipinski definition) is 4. The molecule has 4 heterocycles. The zero-order valence-electron chi connectivity index (χ0n) is 29.6. The number of methoxy groups -OCH3 is 1. The lowest BCUT2D eigenvalue weighted by Crippen LogP contribution is -2.49. The molecule has 4 unspecified atom stereocenters. The number of ether oxygens (including phenoxy) is 4. The number of thioether (sulfide) groups is 4. The molecule has 4 rings (SSSR count). The van der Waals surface area contributed by atoms with E-state index in [1.807, 2.05) is 13.8 Å². The van der Waals surface area contributed by atoms with Crippen molar-refractivity contribution in [2.75, 3.05) is 49.9 Å². The lowest BCUT2D eigenvalue weighted by atomic mass is 10.1. The lowest BCUT2D eigenvalue weighted by molar-refractivity contribution is -0.150. The summed E-state index contributed by atoms with van der Waals surface area (Å²) in [6, 6.07) is 0. The molecule has 0 bridgehead atoms. The van der Waals surface area contributed by atoms with Crippen molar-refractivity contribution in [3.8, 4) is 0 Å². The molecule has 20 heteroatoms. The molecule has 4 amide bonds. The van der Waals surface area contributed by atoms with Crippen LogP contribution in [-0.2, 0) is 38.1 Å². The monoisotopic (exact) mass is 784 g/mol. The summed E-state index contributed by atoms with van der Waals surface area (Å²) in [4.78, 5) is 88.6. The number of carbonyl (C=O) groups excluding carboxylic acids is 8. The topological polar surface area (TPSA) is 222 Å². The van der Waals surface area contributed by atoms with Gasteiger partial charge in [0.15, 0.2) is 0 Å². The molecule has 50 heavy (non-hydrogen) atoms. The van der Waals surface area contributed by atoms with Gasteiger partial charge in [0.2, 0.25) is 0 Å². The Bertz CT molecular complexity index is 1280. The van der Waals surface area contributed by atoms with Crippen LogP contribution in [0.2, 0.25) is 0 Å². The molecular formula is C30H48N4O12S4. The highest BCUT2D eigenvalue weighted by Gasteiger charge is 2.44. The fraction of sp³-hybridized carbons (Fsp3) is 0.733. The summed E-state index contributed by atoms with van der Waals surface area (Å²) >= 11 is 4.44. The van der Waals surface area contributed by atoms with Crippen molar-refractivity contribution in [2.45, 2.75) is 89.9 Å². The highest BCUT2D eigenvalue weighted by molar-refractivity contribution is 8.14. The predicted octanol–water partition coefficient (Wildman–Crippen LogP) is 3.84. The average molecular weight is 785 g/mol. The first kappa shape index (κ1) is 45.2. The number of carbonyl (C=O) groups is 8. The number of rotatable bonds is 10. The van der Waals surface area contributed by atoms with Gasteiger partial charge < -0.3 is 40.2 Å². The van der Waals surface area contributed by atoms with Crippen molar-refractivity contribution in [1.29, 1.82) is 0 Å². The van der Waals surface area contributed by atoms with Crippen LogP contribution in [0.15, 0.2) is 0 Å². The highest BCUT2D eigenvalue weighted by atomic mass is 32.2. The van der Waals surface area contributed by atoms with E-state index in [-0.39, 0.29) is 38.9 Å². The molecule has 0 aromatic heterocycles. The summed E-state index contributed by atoms with van der Waals surface area (Å²) < 4.78 is 19.3. The molecule has 0 saturated carbocycles. The average Bonchev–Trinajstić information content (AvgIpc) is 3.83. The van der Waals surface area contributed by atoms with Crippen molar-refractivity contribution < 1.29 is 57.3 Å². The summed E-state index contributed by atoms with van der Waals surface area (Å²) in [5.41, 5.74) is -3.29. The van der Waals surface area contributed by atoms with E-state index in [2.05, 4.69) is 26.0 Å². The quantitative estimate of drug-likeness (QED) is 0.140. The van der Waals surface area contributed by atoms with E-state index in [0.717, 1.165) is 66.3 Å². The van der Waals surface area contributed by atoms with Gasteiger partial charge in [0.25, 0.3) is 21.0 Å². The predicted molar refractivity (Wildman–Crippen MR) is 193 cm³/mol. The van der Waals surface area contributed by atoms with Crippen molar-refractivity contribution in [3.63, 3.8) is 0 Å². The van der Waals surface area contributed by atoms with Crippen LogP contribution in [-0.4, -0.2) is 117 Å². The Morgan fingerprint density at radius 1 is 0.540 bits per heavy atom. The Kier molecular flexibility index (Phi) is 18.9. The molecule has 284 valence electrons. The summed E-state index contributed by atoms with van der Waals surface area (Å²) in [6.07, 6.45) is 2.65. The number of esters is 4. The first-order valence-electron chi connectivity index (χ1n) is 15.7. The van der Waals surface area contributed by atoms with Crippen molar-refractivity contribution in [2.24, 2.45) is 0 Å². The van der Waals surface area contributed by atoms with E-state index >= 15 is 0 Å². The molecular weight excluding hydrogens is 737 g/mol. The van der Waals surface area contributed by atoms with Crippen LogP contribution in [0, 0.1) is 0 Å². The summed E-state index contributed by atoms with van der Waals surface area (Å²) in [5.74, 6) is 0.380. The van der Waals surface area contributed by atoms with E-state index in [4.69, 9.17) is 14.2 Å². The molecule has 0 aliphatic carbocycles. The van der Waals surface area contributed by atoms with Gasteiger partial charge in [-0.25, -0.2) is 19.2 Å². The van der Waals surface area contributed by atoms with Crippen molar-refractivity contribution >= 4 is 91.9 Å². The smallest absolute Gasteiger partial charge is 0.332 e. The Morgan fingerprint density at radius 2 is 0.860 bits per heavy atom. The highest BCUT2D eigenvalue weighted by Crippen LogP contribution is 2.26. The van der Waals surface area contributed by atoms with Crippen LogP contribution >= 0.6 is 47.0 Å². The van der Waals surface area contributed by atoms with Gasteiger partial charge in [0.1, 0.15) is 22.2 Å². The SMILES string of the molecule is CCCCOC(=O)C1(C)CSC(=O)N1.CCCOC(=O)C1(C)CSC(=O)N1.CCOC(=O)C1(C)CSC(=O)N1.COC(=O)C1(C)CSC(=O)N1. The maximum atomic E-state index is 11.5. The Labute approximate surface area is 309 Å². The van der Waals surface area contributed by atoms with E-state index in [9.17, 15) is 38.4 Å². The number of nitrogens with one attached hydrogen (secondary N) is 4. The van der Waals surface area contributed by atoms with E-state index in [1.54, 1.807) is 34.6 Å². The maximum Gasteiger partial charge on any atom is 0.332 e. The minimum Gasteiger partial charge on any atom is -0.467 e. The molecule has 4 aliphatic heterocycles. The molecule has 4 saturated heterocycles. The number of amides is 4. The third-order valence-corrected chi connectivity index (χ3v) is 11.3. The largest absolute Gasteiger partial charge is 0.467 e. The van der Waals surface area contributed by atoms with Gasteiger partial charge in [-0.05, 0) is 47.5 Å². The standard InChI is InChI=1S/C9H15NO3S.C8H13NO3S.C7H11NO3S.C6H9NO3S/c1-3-4-5-13-7(11)9(2)6-14-8(12)10-9;1-3-4-12-6(10)8(2)5-13-7(11)9-8;1-3-11-5(9)7(2)4-12-6(10)8-7;1-6(4(8)10-2)3-11-5(9)7-6/h3-6H2,1-2H3,(H,10,12);3-5H2,1-2H3,(H,9,11);3-4H2,1-2H3,(H,8,10);3H2,1-2H3,(H,7,9). The van der Waals surface area contributed by atoms with E-state index in [0.29, 0.717) is 42.8 Å². The maximum absolute atomic E-state index is 11.5. The molecule has 0 spiro atoms. The minimum absolute atomic E-state index is 0.153. The molecule has 16 nitrogen and oxygen atoms in total. The normalized spacial score (nSPS) is 27.7. The molecule has 4 atom stereocenters. The van der Waals surface area contributed by atoms with E-state index < -0.39 is 28.1 Å². The first-order valence-corrected chi connectivity index (χ1v) is 19.7. The summed E-state index contributed by atoms with van der Waals surface area (Å²) in [5, 5.41) is 9.65. The zero-order valence-corrected chi connectivity index (χ0v) is 32.9. The Morgan fingerprint density at radius 3 is 1.12 bits per heavy atom.